The minimum Gasteiger partial charge on any atom is -0.497 e. The molecule has 0 aliphatic heterocycles. The second-order valence-electron chi connectivity index (χ2n) is 9.46. The molecule has 0 unspecified atom stereocenters. The highest BCUT2D eigenvalue weighted by Gasteiger charge is 2.24. The quantitative estimate of drug-likeness (QED) is 0.437. The smallest absolute Gasteiger partial charge is 0.322 e. The lowest BCUT2D eigenvalue weighted by molar-refractivity contribution is -0.117. The first kappa shape index (κ1) is 26.1. The number of hydrogen-bond donors (Lipinski definition) is 2. The van der Waals surface area contributed by atoms with E-state index in [-0.39, 0.29) is 29.9 Å². The lowest BCUT2D eigenvalue weighted by atomic mass is 9.92. The van der Waals surface area contributed by atoms with Gasteiger partial charge in [-0.15, -0.1) is 0 Å². The molecule has 0 bridgehead atoms. The number of aromatic nitrogens is 2. The number of nitrogens with one attached hydrogen (secondary N) is 2. The number of para-hydroxylation sites is 1. The number of hydrogen-bond acceptors (Lipinski definition) is 4. The van der Waals surface area contributed by atoms with Gasteiger partial charge >= 0.3 is 6.03 Å². The number of carbonyl (C=O) groups excluding carboxylic acids is 2. The van der Waals surface area contributed by atoms with Crippen molar-refractivity contribution >= 4 is 35.0 Å². The number of anilines is 2. The Labute approximate surface area is 211 Å². The van der Waals surface area contributed by atoms with Crippen molar-refractivity contribution in [1.82, 2.24) is 14.7 Å². The van der Waals surface area contributed by atoms with Crippen LogP contribution in [0.1, 0.15) is 40.3 Å². The number of rotatable bonds is 7. The number of benzene rings is 2. The van der Waals surface area contributed by atoms with Crippen LogP contribution in [0, 0.1) is 0 Å². The van der Waals surface area contributed by atoms with Crippen molar-refractivity contribution in [3.8, 4) is 11.4 Å². The van der Waals surface area contributed by atoms with Gasteiger partial charge in [0, 0.05) is 23.2 Å². The SMILES string of the molecule is COc1ccc(NC(=O)N(CC(=O)Nc2cc(C(C)(C)C)nn2-c2ccccc2Cl)C(C)C)cc1. The van der Waals surface area contributed by atoms with Crippen molar-refractivity contribution in [2.75, 3.05) is 24.3 Å². The van der Waals surface area contributed by atoms with Crippen molar-refractivity contribution in [3.05, 3.63) is 65.3 Å². The second-order valence-corrected chi connectivity index (χ2v) is 9.86. The highest BCUT2D eigenvalue weighted by atomic mass is 35.5. The Balaban J connectivity index is 1.80. The fourth-order valence-electron chi connectivity index (χ4n) is 3.34. The topological polar surface area (TPSA) is 88.5 Å². The third-order valence-electron chi connectivity index (χ3n) is 5.37. The Kier molecular flexibility index (Phi) is 8.07. The Morgan fingerprint density at radius 3 is 2.31 bits per heavy atom. The molecule has 1 aromatic heterocycles. The first-order valence-electron chi connectivity index (χ1n) is 11.4. The van der Waals surface area contributed by atoms with E-state index in [9.17, 15) is 9.59 Å². The molecule has 186 valence electrons. The molecule has 2 aromatic carbocycles. The summed E-state index contributed by atoms with van der Waals surface area (Å²) in [6, 6.07) is 15.5. The summed E-state index contributed by atoms with van der Waals surface area (Å²) < 4.78 is 6.77. The van der Waals surface area contributed by atoms with Crippen molar-refractivity contribution in [2.24, 2.45) is 0 Å². The van der Waals surface area contributed by atoms with Crippen LogP contribution in [-0.2, 0) is 10.2 Å². The molecule has 1 heterocycles. The number of carbonyl (C=O) groups is 2. The molecule has 9 heteroatoms. The maximum atomic E-state index is 13.1. The van der Waals surface area contributed by atoms with Gasteiger partial charge in [-0.05, 0) is 50.2 Å². The molecule has 0 fully saturated rings. The van der Waals surface area contributed by atoms with E-state index in [0.717, 1.165) is 5.69 Å². The van der Waals surface area contributed by atoms with E-state index in [0.29, 0.717) is 28.0 Å². The van der Waals surface area contributed by atoms with Crippen LogP contribution in [0.25, 0.3) is 5.69 Å². The summed E-state index contributed by atoms with van der Waals surface area (Å²) >= 11 is 6.41. The molecule has 35 heavy (non-hydrogen) atoms. The summed E-state index contributed by atoms with van der Waals surface area (Å²) in [5, 5.41) is 10.9. The number of nitrogens with zero attached hydrogens (tertiary/aromatic N) is 3. The van der Waals surface area contributed by atoms with Gasteiger partial charge in [-0.1, -0.05) is 44.5 Å². The highest BCUT2D eigenvalue weighted by molar-refractivity contribution is 6.32. The molecule has 0 saturated carbocycles. The number of halogens is 1. The summed E-state index contributed by atoms with van der Waals surface area (Å²) in [7, 11) is 1.58. The minimum atomic E-state index is -0.379. The highest BCUT2D eigenvalue weighted by Crippen LogP contribution is 2.29. The van der Waals surface area contributed by atoms with Crippen LogP contribution in [0.5, 0.6) is 5.75 Å². The molecular formula is C26H32ClN5O3. The third-order valence-corrected chi connectivity index (χ3v) is 5.68. The van der Waals surface area contributed by atoms with E-state index < -0.39 is 0 Å². The van der Waals surface area contributed by atoms with Crippen LogP contribution in [0.2, 0.25) is 5.02 Å². The molecule has 0 aliphatic carbocycles. The molecule has 3 aromatic rings. The van der Waals surface area contributed by atoms with Crippen molar-refractivity contribution < 1.29 is 14.3 Å². The zero-order valence-corrected chi connectivity index (χ0v) is 21.7. The van der Waals surface area contributed by atoms with Crippen molar-refractivity contribution in [3.63, 3.8) is 0 Å². The van der Waals surface area contributed by atoms with Crippen molar-refractivity contribution in [1.29, 1.82) is 0 Å². The third kappa shape index (κ3) is 6.54. The summed E-state index contributed by atoms with van der Waals surface area (Å²) in [6.07, 6.45) is 0. The predicted octanol–water partition coefficient (Wildman–Crippen LogP) is 5.71. The number of amides is 3. The maximum absolute atomic E-state index is 13.1. The van der Waals surface area contributed by atoms with E-state index in [1.54, 1.807) is 42.1 Å². The fraction of sp³-hybridized carbons (Fsp3) is 0.346. The van der Waals surface area contributed by atoms with Crippen LogP contribution in [0.3, 0.4) is 0 Å². The molecule has 8 nitrogen and oxygen atoms in total. The second kappa shape index (κ2) is 10.8. The van der Waals surface area contributed by atoms with Gasteiger partial charge in [0.1, 0.15) is 18.1 Å². The average molecular weight is 498 g/mol. The van der Waals surface area contributed by atoms with E-state index in [1.807, 2.05) is 58.9 Å². The molecule has 0 saturated heterocycles. The molecule has 0 atom stereocenters. The first-order chi connectivity index (χ1) is 16.5. The Morgan fingerprint density at radius 1 is 1.09 bits per heavy atom. The van der Waals surface area contributed by atoms with Gasteiger partial charge < -0.3 is 20.3 Å². The van der Waals surface area contributed by atoms with Crippen LogP contribution < -0.4 is 15.4 Å². The van der Waals surface area contributed by atoms with Crippen LogP contribution in [0.15, 0.2) is 54.6 Å². The fourth-order valence-corrected chi connectivity index (χ4v) is 3.56. The Hall–Kier alpha value is -3.52. The van der Waals surface area contributed by atoms with Gasteiger partial charge in [-0.2, -0.15) is 5.10 Å². The normalized spacial score (nSPS) is 11.3. The largest absolute Gasteiger partial charge is 0.497 e. The van der Waals surface area contributed by atoms with Crippen LogP contribution in [-0.4, -0.2) is 46.3 Å². The van der Waals surface area contributed by atoms with E-state index in [2.05, 4.69) is 10.6 Å². The van der Waals surface area contributed by atoms with Gasteiger partial charge in [0.15, 0.2) is 0 Å². The standard InChI is InChI=1S/C26H32ClN5O3/c1-17(2)31(25(34)28-18-11-13-19(35-6)14-12-18)16-24(33)29-23-15-22(26(3,4)5)30-32(23)21-10-8-7-9-20(21)27/h7-15,17H,16H2,1-6H3,(H,28,34)(H,29,33). The molecule has 0 radical (unpaired) electrons. The Morgan fingerprint density at radius 2 is 1.74 bits per heavy atom. The zero-order valence-electron chi connectivity index (χ0n) is 20.9. The molecule has 0 aliphatic rings. The molecule has 0 spiro atoms. The number of ether oxygens (including phenoxy) is 1. The maximum Gasteiger partial charge on any atom is 0.322 e. The Bertz CT molecular complexity index is 1180. The van der Waals surface area contributed by atoms with Crippen LogP contribution >= 0.6 is 11.6 Å². The van der Waals surface area contributed by atoms with E-state index in [4.69, 9.17) is 21.4 Å². The predicted molar refractivity (Wildman–Crippen MR) is 140 cm³/mol. The summed E-state index contributed by atoms with van der Waals surface area (Å²) in [4.78, 5) is 27.5. The number of methoxy groups -OCH3 is 1. The molecule has 2 N–H and O–H groups in total. The zero-order chi connectivity index (χ0) is 25.8. The van der Waals surface area contributed by atoms with Gasteiger partial charge in [0.05, 0.1) is 23.5 Å². The lowest BCUT2D eigenvalue weighted by Crippen LogP contribution is -2.44. The number of urea groups is 1. The van der Waals surface area contributed by atoms with Gasteiger partial charge in [0.2, 0.25) is 5.91 Å². The van der Waals surface area contributed by atoms with Gasteiger partial charge in [-0.3, -0.25) is 4.79 Å². The molecule has 3 rings (SSSR count). The summed E-state index contributed by atoms with van der Waals surface area (Å²) in [5.41, 5.74) is 1.81. The van der Waals surface area contributed by atoms with Crippen molar-refractivity contribution in [2.45, 2.75) is 46.1 Å². The minimum absolute atomic E-state index is 0.141. The molecular weight excluding hydrogens is 466 g/mol. The van der Waals surface area contributed by atoms with E-state index in [1.165, 1.54) is 4.90 Å². The molecule has 3 amide bonds. The summed E-state index contributed by atoms with van der Waals surface area (Å²) in [5.74, 6) is 0.817. The average Bonchev–Trinajstić information content (AvgIpc) is 3.22. The monoisotopic (exact) mass is 497 g/mol. The first-order valence-corrected chi connectivity index (χ1v) is 11.7. The van der Waals surface area contributed by atoms with Gasteiger partial charge in [-0.25, -0.2) is 9.48 Å². The lowest BCUT2D eigenvalue weighted by Gasteiger charge is -2.26. The van der Waals surface area contributed by atoms with Crippen LogP contribution in [0.4, 0.5) is 16.3 Å². The van der Waals surface area contributed by atoms with E-state index >= 15 is 0 Å². The summed E-state index contributed by atoms with van der Waals surface area (Å²) in [6.45, 7) is 9.70. The van der Waals surface area contributed by atoms with Gasteiger partial charge in [0.25, 0.3) is 0 Å².